The molecular formula is C12H15ClN4O2S. The topological polar surface area (TPSA) is 71.4 Å². The van der Waals surface area contributed by atoms with Crippen LogP contribution in [0.25, 0.3) is 10.3 Å². The normalized spacial score (nSPS) is 16.9. The first-order chi connectivity index (χ1) is 9.45. The third-order valence-electron chi connectivity index (χ3n) is 3.04. The van der Waals surface area contributed by atoms with Gasteiger partial charge in [0.2, 0.25) is 5.28 Å². The van der Waals surface area contributed by atoms with Gasteiger partial charge in [0, 0.05) is 13.1 Å². The molecule has 0 spiro atoms. The predicted molar refractivity (Wildman–Crippen MR) is 78.5 cm³/mol. The number of aliphatic hydroxyl groups is 1. The van der Waals surface area contributed by atoms with E-state index in [4.69, 9.17) is 16.3 Å². The van der Waals surface area contributed by atoms with Gasteiger partial charge in [0.1, 0.15) is 15.3 Å². The summed E-state index contributed by atoms with van der Waals surface area (Å²) in [7, 11) is 0. The zero-order valence-corrected chi connectivity index (χ0v) is 12.8. The van der Waals surface area contributed by atoms with Crippen LogP contribution in [0, 0.1) is 0 Å². The molecule has 0 amide bonds. The van der Waals surface area contributed by atoms with Gasteiger partial charge >= 0.3 is 0 Å². The molecule has 0 aromatic carbocycles. The summed E-state index contributed by atoms with van der Waals surface area (Å²) in [5.41, 5.74) is -0.464. The molecular weight excluding hydrogens is 300 g/mol. The minimum atomic E-state index is -1.000. The van der Waals surface area contributed by atoms with Crippen LogP contribution in [-0.4, -0.2) is 46.4 Å². The first-order valence-electron chi connectivity index (χ1n) is 6.35. The zero-order chi connectivity index (χ0) is 14.3. The van der Waals surface area contributed by atoms with Gasteiger partial charge in [-0.05, 0) is 25.4 Å². The minimum Gasteiger partial charge on any atom is -0.383 e. The number of fused-ring (bicyclic) bond motifs is 1. The van der Waals surface area contributed by atoms with Crippen molar-refractivity contribution in [3.05, 3.63) is 10.3 Å². The lowest BCUT2D eigenvalue weighted by molar-refractivity contribution is 0.0784. The van der Waals surface area contributed by atoms with Gasteiger partial charge < -0.3 is 14.7 Å². The lowest BCUT2D eigenvalue weighted by Crippen LogP contribution is -2.36. The summed E-state index contributed by atoms with van der Waals surface area (Å²) in [6, 6.07) is 0. The molecule has 3 heterocycles. The van der Waals surface area contributed by atoms with Crippen molar-refractivity contribution in [2.24, 2.45) is 0 Å². The molecule has 0 atom stereocenters. The van der Waals surface area contributed by atoms with Crippen molar-refractivity contribution >= 4 is 39.1 Å². The molecule has 2 aromatic rings. The van der Waals surface area contributed by atoms with Crippen molar-refractivity contribution in [1.29, 1.82) is 0 Å². The smallest absolute Gasteiger partial charge is 0.226 e. The summed E-state index contributed by atoms with van der Waals surface area (Å²) >= 11 is 7.39. The number of thiazole rings is 1. The number of nitrogens with zero attached hydrogens (tertiary/aromatic N) is 4. The Morgan fingerprint density at radius 3 is 2.60 bits per heavy atom. The number of halogens is 1. The first kappa shape index (κ1) is 13.9. The fourth-order valence-corrected chi connectivity index (χ4v) is 3.22. The second-order valence-corrected chi connectivity index (χ2v) is 6.48. The second kappa shape index (κ2) is 5.07. The molecule has 0 bridgehead atoms. The number of hydrogen-bond acceptors (Lipinski definition) is 7. The quantitative estimate of drug-likeness (QED) is 0.852. The van der Waals surface area contributed by atoms with Crippen LogP contribution in [0.1, 0.15) is 18.9 Å². The molecule has 3 rings (SSSR count). The molecule has 1 aliphatic heterocycles. The van der Waals surface area contributed by atoms with Crippen molar-refractivity contribution in [1.82, 2.24) is 15.0 Å². The van der Waals surface area contributed by atoms with Crippen LogP contribution in [0.3, 0.4) is 0 Å². The molecule has 1 N–H and O–H groups in total. The maximum Gasteiger partial charge on any atom is 0.226 e. The maximum atomic E-state index is 10.1. The van der Waals surface area contributed by atoms with E-state index in [1.54, 1.807) is 13.8 Å². The summed E-state index contributed by atoms with van der Waals surface area (Å²) < 4.78 is 6.21. The van der Waals surface area contributed by atoms with Gasteiger partial charge in [-0.1, -0.05) is 0 Å². The van der Waals surface area contributed by atoms with Crippen LogP contribution in [0.4, 0.5) is 5.82 Å². The summed E-state index contributed by atoms with van der Waals surface area (Å²) in [5, 5.41) is 10.9. The Balaban J connectivity index is 2.12. The van der Waals surface area contributed by atoms with Gasteiger partial charge in [0.15, 0.2) is 11.5 Å². The van der Waals surface area contributed by atoms with Crippen molar-refractivity contribution in [2.75, 3.05) is 31.2 Å². The van der Waals surface area contributed by atoms with E-state index < -0.39 is 5.60 Å². The highest BCUT2D eigenvalue weighted by Gasteiger charge is 2.25. The van der Waals surface area contributed by atoms with E-state index in [1.165, 1.54) is 11.3 Å². The Morgan fingerprint density at radius 2 is 1.95 bits per heavy atom. The van der Waals surface area contributed by atoms with Crippen molar-refractivity contribution in [3.63, 3.8) is 0 Å². The molecule has 2 aromatic heterocycles. The Bertz CT molecular complexity index is 634. The lowest BCUT2D eigenvalue weighted by Gasteiger charge is -2.27. The number of aromatic nitrogens is 3. The highest BCUT2D eigenvalue weighted by molar-refractivity contribution is 7.19. The summed E-state index contributed by atoms with van der Waals surface area (Å²) in [6.07, 6.45) is 0. The summed E-state index contributed by atoms with van der Waals surface area (Å²) in [6.45, 7) is 6.26. The van der Waals surface area contributed by atoms with E-state index in [0.717, 1.165) is 23.6 Å². The summed E-state index contributed by atoms with van der Waals surface area (Å²) in [4.78, 5) is 15.0. The molecule has 8 heteroatoms. The van der Waals surface area contributed by atoms with E-state index in [-0.39, 0.29) is 5.28 Å². The standard InChI is InChI=1S/C12H15ClN4O2S/c1-12(2,18)10-14-8-7(20-10)9(16-11(13)15-8)17-3-5-19-6-4-17/h18H,3-6H2,1-2H3. The van der Waals surface area contributed by atoms with E-state index in [0.29, 0.717) is 23.9 Å². The van der Waals surface area contributed by atoms with Crippen LogP contribution in [0.2, 0.25) is 5.28 Å². The fraction of sp³-hybridized carbons (Fsp3) is 0.583. The van der Waals surface area contributed by atoms with Crippen LogP contribution in [0.5, 0.6) is 0 Å². The minimum absolute atomic E-state index is 0.173. The average molecular weight is 315 g/mol. The highest BCUT2D eigenvalue weighted by Crippen LogP contribution is 2.35. The Labute approximate surface area is 125 Å². The van der Waals surface area contributed by atoms with Crippen molar-refractivity contribution in [3.8, 4) is 0 Å². The number of ether oxygens (including phenoxy) is 1. The van der Waals surface area contributed by atoms with E-state index in [2.05, 4.69) is 19.9 Å². The second-order valence-electron chi connectivity index (χ2n) is 5.15. The third-order valence-corrected chi connectivity index (χ3v) is 4.57. The molecule has 1 aliphatic rings. The fourth-order valence-electron chi connectivity index (χ4n) is 2.04. The first-order valence-corrected chi connectivity index (χ1v) is 7.54. The summed E-state index contributed by atoms with van der Waals surface area (Å²) in [5.74, 6) is 0.774. The largest absolute Gasteiger partial charge is 0.383 e. The number of anilines is 1. The van der Waals surface area contributed by atoms with Gasteiger partial charge in [-0.15, -0.1) is 11.3 Å². The molecule has 0 radical (unpaired) electrons. The zero-order valence-electron chi connectivity index (χ0n) is 11.3. The molecule has 1 saturated heterocycles. The van der Waals surface area contributed by atoms with Gasteiger partial charge in [-0.2, -0.15) is 9.97 Å². The van der Waals surface area contributed by atoms with Gasteiger partial charge in [-0.3, -0.25) is 0 Å². The molecule has 6 nitrogen and oxygen atoms in total. The van der Waals surface area contributed by atoms with Gasteiger partial charge in [0.05, 0.1) is 13.2 Å². The molecule has 0 aliphatic carbocycles. The molecule has 108 valence electrons. The predicted octanol–water partition coefficient (Wildman–Crippen LogP) is 1.80. The van der Waals surface area contributed by atoms with Crippen LogP contribution in [0.15, 0.2) is 0 Å². The third kappa shape index (κ3) is 2.58. The van der Waals surface area contributed by atoms with E-state index >= 15 is 0 Å². The lowest BCUT2D eigenvalue weighted by atomic mass is 10.2. The number of morpholine rings is 1. The Hall–Kier alpha value is -1.02. The molecule has 0 saturated carbocycles. The molecule has 20 heavy (non-hydrogen) atoms. The van der Waals surface area contributed by atoms with Crippen molar-refractivity contribution < 1.29 is 9.84 Å². The van der Waals surface area contributed by atoms with Gasteiger partial charge in [-0.25, -0.2) is 4.98 Å². The maximum absolute atomic E-state index is 10.1. The van der Waals surface area contributed by atoms with Crippen LogP contribution >= 0.6 is 22.9 Å². The molecule has 1 fully saturated rings. The van der Waals surface area contributed by atoms with Crippen molar-refractivity contribution in [2.45, 2.75) is 19.4 Å². The number of hydrogen-bond donors (Lipinski definition) is 1. The Morgan fingerprint density at radius 1 is 1.25 bits per heavy atom. The van der Waals surface area contributed by atoms with E-state index in [1.807, 2.05) is 0 Å². The SMILES string of the molecule is CC(C)(O)c1nc2nc(Cl)nc(N3CCOCC3)c2s1. The highest BCUT2D eigenvalue weighted by atomic mass is 35.5. The van der Waals surface area contributed by atoms with Gasteiger partial charge in [0.25, 0.3) is 0 Å². The molecule has 0 unspecified atom stereocenters. The van der Waals surface area contributed by atoms with Crippen LogP contribution < -0.4 is 4.90 Å². The van der Waals surface area contributed by atoms with E-state index in [9.17, 15) is 5.11 Å². The Kier molecular flexibility index (Phi) is 3.53. The number of rotatable bonds is 2. The monoisotopic (exact) mass is 314 g/mol. The average Bonchev–Trinajstić information content (AvgIpc) is 2.82. The van der Waals surface area contributed by atoms with Crippen LogP contribution in [-0.2, 0) is 10.3 Å².